The molecule has 1 N–H and O–H groups in total. The monoisotopic (exact) mass is 295 g/mol. The van der Waals surface area contributed by atoms with E-state index in [1.807, 2.05) is 47.8 Å². The van der Waals surface area contributed by atoms with Gasteiger partial charge in [0.15, 0.2) is 0 Å². The topological polar surface area (TPSA) is 33.1 Å². The highest BCUT2D eigenvalue weighted by Gasteiger charge is 2.12. The van der Waals surface area contributed by atoms with Crippen LogP contribution < -0.4 is 0 Å². The molecule has 0 saturated heterocycles. The van der Waals surface area contributed by atoms with Crippen LogP contribution in [0, 0.1) is 6.92 Å². The van der Waals surface area contributed by atoms with E-state index in [4.69, 9.17) is 0 Å². The number of aliphatic hydroxyl groups is 1. The van der Waals surface area contributed by atoms with Gasteiger partial charge in [-0.05, 0) is 18.1 Å². The van der Waals surface area contributed by atoms with Gasteiger partial charge in [-0.3, -0.25) is 0 Å². The lowest BCUT2D eigenvalue weighted by Crippen LogP contribution is -2.01. The third kappa shape index (κ3) is 3.20. The summed E-state index contributed by atoms with van der Waals surface area (Å²) in [5.74, 6) is 0. The van der Waals surface area contributed by atoms with E-state index in [9.17, 15) is 5.11 Å². The predicted molar refractivity (Wildman–Crippen MR) is 87.4 cm³/mol. The van der Waals surface area contributed by atoms with Crippen molar-refractivity contribution in [3.8, 4) is 10.6 Å². The lowest BCUT2D eigenvalue weighted by atomic mass is 10.1. The molecular weight excluding hydrogens is 278 g/mol. The zero-order valence-corrected chi connectivity index (χ0v) is 12.7. The maximum absolute atomic E-state index is 10.3. The van der Waals surface area contributed by atoms with E-state index in [2.05, 4.69) is 24.0 Å². The molecule has 1 atom stereocenters. The number of nitrogens with zero attached hydrogens (tertiary/aromatic N) is 1. The highest BCUT2D eigenvalue weighted by Crippen LogP contribution is 2.28. The molecular formula is C18H17NOS. The van der Waals surface area contributed by atoms with Crippen molar-refractivity contribution >= 4 is 11.3 Å². The van der Waals surface area contributed by atoms with Crippen molar-refractivity contribution in [1.29, 1.82) is 0 Å². The number of thiazole rings is 1. The lowest BCUT2D eigenvalue weighted by molar-refractivity contribution is 0.177. The van der Waals surface area contributed by atoms with Crippen LogP contribution in [0.2, 0.25) is 0 Å². The van der Waals surface area contributed by atoms with Gasteiger partial charge in [0.1, 0.15) is 5.01 Å². The highest BCUT2D eigenvalue weighted by molar-refractivity contribution is 7.13. The van der Waals surface area contributed by atoms with Gasteiger partial charge in [0.25, 0.3) is 0 Å². The average molecular weight is 295 g/mol. The SMILES string of the molecule is Cc1ccccc1-c1nc(CC(O)c2ccccc2)cs1. The van der Waals surface area contributed by atoms with Gasteiger partial charge in [-0.1, -0.05) is 54.6 Å². The Bertz CT molecular complexity index is 721. The highest BCUT2D eigenvalue weighted by atomic mass is 32.1. The van der Waals surface area contributed by atoms with E-state index < -0.39 is 6.10 Å². The molecule has 0 fully saturated rings. The molecule has 3 aromatic rings. The molecule has 0 spiro atoms. The van der Waals surface area contributed by atoms with Gasteiger partial charge in [-0.2, -0.15) is 0 Å². The molecule has 0 amide bonds. The van der Waals surface area contributed by atoms with Crippen LogP contribution in [0.4, 0.5) is 0 Å². The molecule has 0 aliphatic heterocycles. The molecule has 106 valence electrons. The first-order chi connectivity index (χ1) is 10.2. The maximum Gasteiger partial charge on any atom is 0.123 e. The van der Waals surface area contributed by atoms with E-state index in [1.54, 1.807) is 11.3 Å². The molecule has 1 aromatic heterocycles. The maximum atomic E-state index is 10.3. The summed E-state index contributed by atoms with van der Waals surface area (Å²) >= 11 is 1.63. The van der Waals surface area contributed by atoms with Crippen LogP contribution in [-0.4, -0.2) is 10.1 Å². The minimum atomic E-state index is -0.502. The standard InChI is InChI=1S/C18H17NOS/c1-13-7-5-6-10-16(13)18-19-15(12-21-18)11-17(20)14-8-3-2-4-9-14/h2-10,12,17,20H,11H2,1H3. The van der Waals surface area contributed by atoms with Crippen LogP contribution in [0.5, 0.6) is 0 Å². The number of benzene rings is 2. The Balaban J connectivity index is 1.78. The summed E-state index contributed by atoms with van der Waals surface area (Å²) in [5, 5.41) is 13.3. The fourth-order valence-electron chi connectivity index (χ4n) is 2.33. The zero-order chi connectivity index (χ0) is 14.7. The summed E-state index contributed by atoms with van der Waals surface area (Å²) in [6, 6.07) is 18.0. The number of rotatable bonds is 4. The smallest absolute Gasteiger partial charge is 0.123 e. The molecule has 0 aliphatic rings. The van der Waals surface area contributed by atoms with Crippen molar-refractivity contribution < 1.29 is 5.11 Å². The second kappa shape index (κ2) is 6.20. The third-order valence-electron chi connectivity index (χ3n) is 3.51. The summed E-state index contributed by atoms with van der Waals surface area (Å²) in [6.07, 6.45) is 0.0462. The predicted octanol–water partition coefficient (Wildman–Crippen LogP) is 4.39. The Morgan fingerprint density at radius 2 is 1.76 bits per heavy atom. The summed E-state index contributed by atoms with van der Waals surface area (Å²) in [5.41, 5.74) is 4.27. The number of aryl methyl sites for hydroxylation is 1. The largest absolute Gasteiger partial charge is 0.388 e. The molecule has 2 nitrogen and oxygen atoms in total. The second-order valence-electron chi connectivity index (χ2n) is 5.09. The van der Waals surface area contributed by atoms with Crippen molar-refractivity contribution in [2.45, 2.75) is 19.4 Å². The number of hydrogen-bond donors (Lipinski definition) is 1. The fraction of sp³-hybridized carbons (Fsp3) is 0.167. The van der Waals surface area contributed by atoms with Crippen molar-refractivity contribution in [3.05, 3.63) is 76.8 Å². The quantitative estimate of drug-likeness (QED) is 0.774. The first kappa shape index (κ1) is 14.0. The normalized spacial score (nSPS) is 12.3. The van der Waals surface area contributed by atoms with Crippen molar-refractivity contribution in [2.24, 2.45) is 0 Å². The van der Waals surface area contributed by atoms with Gasteiger partial charge in [0.05, 0.1) is 11.8 Å². The molecule has 1 unspecified atom stereocenters. The van der Waals surface area contributed by atoms with Crippen LogP contribution in [0.15, 0.2) is 60.0 Å². The van der Waals surface area contributed by atoms with Crippen LogP contribution >= 0.6 is 11.3 Å². The van der Waals surface area contributed by atoms with Crippen LogP contribution in [0.3, 0.4) is 0 Å². The molecule has 1 heterocycles. The number of aliphatic hydroxyl groups excluding tert-OH is 1. The van der Waals surface area contributed by atoms with E-state index in [0.717, 1.165) is 16.3 Å². The number of hydrogen-bond acceptors (Lipinski definition) is 3. The van der Waals surface area contributed by atoms with Gasteiger partial charge < -0.3 is 5.11 Å². The average Bonchev–Trinajstić information content (AvgIpc) is 2.97. The summed E-state index contributed by atoms with van der Waals surface area (Å²) in [6.45, 7) is 2.09. The van der Waals surface area contributed by atoms with Crippen LogP contribution in [-0.2, 0) is 6.42 Å². The second-order valence-corrected chi connectivity index (χ2v) is 5.95. The molecule has 2 aromatic carbocycles. The molecule has 0 saturated carbocycles. The Labute approximate surface area is 128 Å². The third-order valence-corrected chi connectivity index (χ3v) is 4.44. The van der Waals surface area contributed by atoms with Gasteiger partial charge >= 0.3 is 0 Å². The van der Waals surface area contributed by atoms with E-state index in [1.165, 1.54) is 11.1 Å². The summed E-state index contributed by atoms with van der Waals surface area (Å²) < 4.78 is 0. The first-order valence-electron chi connectivity index (χ1n) is 6.97. The molecule has 0 radical (unpaired) electrons. The van der Waals surface area contributed by atoms with Gasteiger partial charge in [-0.15, -0.1) is 11.3 Å². The first-order valence-corrected chi connectivity index (χ1v) is 7.85. The summed E-state index contributed by atoms with van der Waals surface area (Å²) in [7, 11) is 0. The minimum Gasteiger partial charge on any atom is -0.388 e. The fourth-order valence-corrected chi connectivity index (χ4v) is 3.25. The minimum absolute atomic E-state index is 0.502. The lowest BCUT2D eigenvalue weighted by Gasteiger charge is -2.08. The molecule has 0 aliphatic carbocycles. The van der Waals surface area contributed by atoms with Crippen molar-refractivity contribution in [3.63, 3.8) is 0 Å². The van der Waals surface area contributed by atoms with Gasteiger partial charge in [0, 0.05) is 17.4 Å². The van der Waals surface area contributed by atoms with Crippen LogP contribution in [0.25, 0.3) is 10.6 Å². The van der Waals surface area contributed by atoms with Crippen molar-refractivity contribution in [2.75, 3.05) is 0 Å². The Hall–Kier alpha value is -1.97. The van der Waals surface area contributed by atoms with E-state index in [-0.39, 0.29) is 0 Å². The molecule has 21 heavy (non-hydrogen) atoms. The van der Waals surface area contributed by atoms with Crippen LogP contribution in [0.1, 0.15) is 22.9 Å². The Morgan fingerprint density at radius 1 is 1.05 bits per heavy atom. The number of aromatic nitrogens is 1. The van der Waals surface area contributed by atoms with Gasteiger partial charge in [-0.25, -0.2) is 4.98 Å². The molecule has 3 rings (SSSR count). The van der Waals surface area contributed by atoms with E-state index >= 15 is 0 Å². The Morgan fingerprint density at radius 3 is 2.52 bits per heavy atom. The molecule has 0 bridgehead atoms. The zero-order valence-electron chi connectivity index (χ0n) is 11.9. The van der Waals surface area contributed by atoms with E-state index in [0.29, 0.717) is 6.42 Å². The summed E-state index contributed by atoms with van der Waals surface area (Å²) in [4.78, 5) is 4.67. The Kier molecular flexibility index (Phi) is 4.13. The molecule has 3 heteroatoms. The van der Waals surface area contributed by atoms with Gasteiger partial charge in [0.2, 0.25) is 0 Å². The van der Waals surface area contributed by atoms with Crippen molar-refractivity contribution in [1.82, 2.24) is 4.98 Å².